The molecule has 1 radical (unpaired) electrons. The van der Waals surface area contributed by atoms with Crippen molar-refractivity contribution in [3.63, 3.8) is 0 Å². The summed E-state index contributed by atoms with van der Waals surface area (Å²) in [6, 6.07) is 19.9. The van der Waals surface area contributed by atoms with Crippen molar-refractivity contribution in [1.82, 2.24) is 19.7 Å². The molecule has 9 heteroatoms. The van der Waals surface area contributed by atoms with Gasteiger partial charge in [-0.3, -0.25) is 0 Å². The van der Waals surface area contributed by atoms with Crippen LogP contribution in [-0.2, 0) is 21.5 Å². The van der Waals surface area contributed by atoms with Gasteiger partial charge in [-0.1, -0.05) is 30.3 Å². The van der Waals surface area contributed by atoms with Gasteiger partial charge in [0.05, 0.1) is 49.5 Å². The van der Waals surface area contributed by atoms with Crippen LogP contribution in [0.1, 0.15) is 22.8 Å². The quantitative estimate of drug-likeness (QED) is 0.288. The first-order valence-corrected chi connectivity index (χ1v) is 12.1. The summed E-state index contributed by atoms with van der Waals surface area (Å²) in [7, 11) is 6.45. The molecule has 2 aliphatic rings. The van der Waals surface area contributed by atoms with Gasteiger partial charge in [0.25, 0.3) is 0 Å². The molecule has 0 atom stereocenters. The van der Waals surface area contributed by atoms with Crippen molar-refractivity contribution in [3.8, 4) is 22.6 Å². The van der Waals surface area contributed by atoms with Crippen molar-refractivity contribution < 1.29 is 35.8 Å². The molecule has 4 aromatic rings. The maximum absolute atomic E-state index is 6.05. The molecule has 0 spiro atoms. The minimum absolute atomic E-state index is 0. The Morgan fingerprint density at radius 3 is 2.03 bits per heavy atom. The molecule has 39 heavy (non-hydrogen) atoms. The van der Waals surface area contributed by atoms with Crippen LogP contribution in [0.4, 0.5) is 0 Å². The number of nitrogens with one attached hydrogen (secondary N) is 1. The van der Waals surface area contributed by atoms with Gasteiger partial charge in [0, 0.05) is 33.9 Å². The van der Waals surface area contributed by atoms with E-state index < -0.39 is 0 Å². The monoisotopic (exact) mass is 565 g/mol. The van der Waals surface area contributed by atoms with Crippen LogP contribution < -0.4 is 14.3 Å². The number of benzene rings is 1. The molecule has 0 unspecified atom stereocenters. The van der Waals surface area contributed by atoms with E-state index in [1.54, 1.807) is 33.2 Å². The fraction of sp³-hybridized carbons (Fsp3) is 0.133. The largest absolute Gasteiger partial charge is 0.494 e. The molecule has 2 aliphatic heterocycles. The van der Waals surface area contributed by atoms with Crippen LogP contribution in [0.3, 0.4) is 0 Å². The zero-order chi connectivity index (χ0) is 26.2. The fourth-order valence-electron chi connectivity index (χ4n) is 4.88. The Morgan fingerprint density at radius 2 is 1.38 bits per heavy atom. The van der Waals surface area contributed by atoms with Crippen LogP contribution in [0.2, 0.25) is 0 Å². The SMILES string of the molecule is COC1=Cc2cc3ccc(cc4nc(cc5c(-c6ccccc6)c(OC)c(c(OC)c1n2)n5OC)C=C4)[nH]3.[Co]. The standard InChI is InChI=1S/C30H26N4O4.Co/c1-35-25-17-23-15-21-11-10-19(31-21)14-20-12-13-22(32-20)16-24-26(18-8-6-5-7-9-18)29(36-2)28(34(24)38-4)30(37-3)27(25)33-23;/h5-17,31H,1-4H3;. The third-order valence-electron chi connectivity index (χ3n) is 6.48. The Morgan fingerprint density at radius 1 is 0.718 bits per heavy atom. The minimum atomic E-state index is 0. The number of methoxy groups -OCH3 is 3. The Labute approximate surface area is 235 Å². The van der Waals surface area contributed by atoms with Gasteiger partial charge in [0.1, 0.15) is 7.11 Å². The topological polar surface area (TPSA) is 83.4 Å². The Hall–Kier alpha value is -4.47. The smallest absolute Gasteiger partial charge is 0.179 e. The summed E-state index contributed by atoms with van der Waals surface area (Å²) in [5, 5.41) is 0. The number of hydrogen-bond acceptors (Lipinski definition) is 6. The molecule has 6 rings (SSSR count). The average Bonchev–Trinajstić information content (AvgIpc) is 3.72. The van der Waals surface area contributed by atoms with Crippen molar-refractivity contribution in [2.45, 2.75) is 0 Å². The number of aromatic amines is 1. The van der Waals surface area contributed by atoms with E-state index in [1.807, 2.05) is 78.9 Å². The number of fused-ring (bicyclic) bond motifs is 8. The van der Waals surface area contributed by atoms with Gasteiger partial charge in [0.2, 0.25) is 0 Å². The Kier molecular flexibility index (Phi) is 7.19. The van der Waals surface area contributed by atoms with E-state index in [-0.39, 0.29) is 16.8 Å². The van der Waals surface area contributed by atoms with E-state index in [9.17, 15) is 0 Å². The molecule has 199 valence electrons. The van der Waals surface area contributed by atoms with Crippen molar-refractivity contribution in [2.75, 3.05) is 28.4 Å². The molecular weight excluding hydrogens is 539 g/mol. The normalized spacial score (nSPS) is 11.9. The molecule has 0 amide bonds. The van der Waals surface area contributed by atoms with E-state index in [0.29, 0.717) is 34.2 Å². The number of H-pyrrole nitrogens is 1. The fourth-order valence-corrected chi connectivity index (χ4v) is 4.88. The van der Waals surface area contributed by atoms with E-state index in [0.717, 1.165) is 39.1 Å². The molecule has 1 aromatic carbocycles. The maximum atomic E-state index is 6.05. The van der Waals surface area contributed by atoms with Crippen molar-refractivity contribution >= 4 is 46.1 Å². The first-order valence-electron chi connectivity index (χ1n) is 12.1. The zero-order valence-electron chi connectivity index (χ0n) is 21.8. The van der Waals surface area contributed by atoms with E-state index in [4.69, 9.17) is 29.0 Å². The van der Waals surface area contributed by atoms with E-state index >= 15 is 0 Å². The first-order chi connectivity index (χ1) is 18.6. The van der Waals surface area contributed by atoms with E-state index in [1.165, 1.54) is 0 Å². The van der Waals surface area contributed by atoms with Crippen LogP contribution >= 0.6 is 0 Å². The summed E-state index contributed by atoms with van der Waals surface area (Å²) >= 11 is 0. The number of rotatable bonds is 5. The van der Waals surface area contributed by atoms with Crippen LogP contribution in [0.15, 0.2) is 60.7 Å². The first kappa shape index (κ1) is 26.1. The number of aromatic nitrogens is 4. The summed E-state index contributed by atoms with van der Waals surface area (Å²) in [4.78, 5) is 19.1. The van der Waals surface area contributed by atoms with Gasteiger partial charge >= 0.3 is 0 Å². The summed E-state index contributed by atoms with van der Waals surface area (Å²) in [5.41, 5.74) is 7.79. The summed E-state index contributed by atoms with van der Waals surface area (Å²) in [5.74, 6) is 1.59. The van der Waals surface area contributed by atoms with Crippen molar-refractivity contribution in [3.05, 3.63) is 83.4 Å². The third kappa shape index (κ3) is 4.56. The van der Waals surface area contributed by atoms with Gasteiger partial charge in [-0.25, -0.2) is 9.97 Å². The average molecular weight is 565 g/mol. The summed E-state index contributed by atoms with van der Waals surface area (Å²) in [6.07, 6.45) is 5.83. The van der Waals surface area contributed by atoms with Gasteiger partial charge in [-0.05, 0) is 48.0 Å². The molecule has 3 aromatic heterocycles. The van der Waals surface area contributed by atoms with E-state index in [2.05, 4.69) is 4.98 Å². The Bertz CT molecular complexity index is 1770. The predicted molar refractivity (Wildman–Crippen MR) is 149 cm³/mol. The molecule has 0 fully saturated rings. The number of nitrogens with zero attached hydrogens (tertiary/aromatic N) is 3. The van der Waals surface area contributed by atoms with Crippen LogP contribution in [0, 0.1) is 0 Å². The van der Waals surface area contributed by atoms with Crippen LogP contribution in [0.25, 0.3) is 57.2 Å². The summed E-state index contributed by atoms with van der Waals surface area (Å²) < 4.78 is 19.5. The third-order valence-corrected chi connectivity index (χ3v) is 6.48. The zero-order valence-corrected chi connectivity index (χ0v) is 22.9. The van der Waals surface area contributed by atoms with Gasteiger partial charge in [0.15, 0.2) is 28.5 Å². The second-order valence-corrected chi connectivity index (χ2v) is 8.71. The molecule has 8 bridgehead atoms. The Balaban J connectivity index is 0.00000308. The number of hydrogen-bond donors (Lipinski definition) is 1. The molecule has 1 N–H and O–H groups in total. The minimum Gasteiger partial charge on any atom is -0.494 e. The summed E-state index contributed by atoms with van der Waals surface area (Å²) in [6.45, 7) is 0. The predicted octanol–water partition coefficient (Wildman–Crippen LogP) is 5.84. The maximum Gasteiger partial charge on any atom is 0.179 e. The van der Waals surface area contributed by atoms with Gasteiger partial charge in [-0.15, -0.1) is 0 Å². The second kappa shape index (κ2) is 10.7. The molecule has 8 nitrogen and oxygen atoms in total. The number of ether oxygens (including phenoxy) is 3. The molecule has 0 saturated heterocycles. The molecule has 5 heterocycles. The molecular formula is C30H26CoN4O4. The van der Waals surface area contributed by atoms with Gasteiger partial charge < -0.3 is 24.0 Å². The van der Waals surface area contributed by atoms with Crippen LogP contribution in [0.5, 0.6) is 11.5 Å². The second-order valence-electron chi connectivity index (χ2n) is 8.71. The molecule has 0 aliphatic carbocycles. The van der Waals surface area contributed by atoms with Gasteiger partial charge in [-0.2, -0.15) is 4.73 Å². The van der Waals surface area contributed by atoms with Crippen LogP contribution in [-0.4, -0.2) is 48.1 Å². The van der Waals surface area contributed by atoms with Crippen molar-refractivity contribution in [2.24, 2.45) is 0 Å². The van der Waals surface area contributed by atoms with Crippen molar-refractivity contribution in [1.29, 1.82) is 0 Å². The molecule has 0 saturated carbocycles.